The molecule has 132 valence electrons. The minimum Gasteiger partial charge on any atom is -0.478 e. The summed E-state index contributed by atoms with van der Waals surface area (Å²) < 4.78 is 49.9. The first kappa shape index (κ1) is 17.9. The van der Waals surface area contributed by atoms with Crippen molar-refractivity contribution in [2.24, 2.45) is 0 Å². The number of hydrogen-bond acceptors (Lipinski definition) is 4. The first-order valence-corrected chi connectivity index (χ1v) is 8.23. The number of halogens is 5. The van der Waals surface area contributed by atoms with Crippen LogP contribution < -0.4 is 9.47 Å². The quantitative estimate of drug-likeness (QED) is 0.711. The second kappa shape index (κ2) is 6.44. The number of thiophene rings is 1. The second-order valence-electron chi connectivity index (χ2n) is 4.93. The Morgan fingerprint density at radius 3 is 2.56 bits per heavy atom. The Hall–Kier alpha value is -1.90. The number of benzene rings is 1. The predicted molar refractivity (Wildman–Crippen MR) is 86.9 cm³/mol. The summed E-state index contributed by atoms with van der Waals surface area (Å²) in [6.45, 7) is 0. The summed E-state index contributed by atoms with van der Waals surface area (Å²) in [7, 11) is 0. The molecule has 2 heterocycles. The number of rotatable bonds is 3. The van der Waals surface area contributed by atoms with Crippen LogP contribution in [0.25, 0.3) is 6.08 Å². The summed E-state index contributed by atoms with van der Waals surface area (Å²) in [5.41, 5.74) is -0.822. The van der Waals surface area contributed by atoms with Gasteiger partial charge in [0.2, 0.25) is 6.10 Å². The molecule has 25 heavy (non-hydrogen) atoms. The standard InChI is InChI=1S/C15H7Cl2F3O4S/c16-8-4-6-3-7(14(21)22)12(15(18,19)20)24-10(6)5-11(8)23-9-1-2-25-13(9)17/h1-5,12H,(H,21,22). The lowest BCUT2D eigenvalue weighted by molar-refractivity contribution is -0.187. The van der Waals surface area contributed by atoms with Crippen LogP contribution >= 0.6 is 34.5 Å². The van der Waals surface area contributed by atoms with Crippen molar-refractivity contribution in [3.63, 3.8) is 0 Å². The van der Waals surface area contributed by atoms with E-state index in [1.165, 1.54) is 23.5 Å². The van der Waals surface area contributed by atoms with Crippen LogP contribution in [0, 0.1) is 0 Å². The van der Waals surface area contributed by atoms with Crippen LogP contribution in [0.15, 0.2) is 29.2 Å². The highest BCUT2D eigenvalue weighted by atomic mass is 35.5. The number of carboxylic acids is 1. The van der Waals surface area contributed by atoms with Gasteiger partial charge in [0.1, 0.15) is 15.8 Å². The molecular formula is C15H7Cl2F3O4S. The second-order valence-corrected chi connectivity index (χ2v) is 6.85. The summed E-state index contributed by atoms with van der Waals surface area (Å²) in [5.74, 6) is -1.60. The first-order valence-electron chi connectivity index (χ1n) is 6.59. The van der Waals surface area contributed by atoms with Crippen LogP contribution in [-0.2, 0) is 4.79 Å². The molecule has 0 fully saturated rings. The van der Waals surface area contributed by atoms with E-state index in [4.69, 9.17) is 37.8 Å². The highest BCUT2D eigenvalue weighted by Gasteiger charge is 2.48. The molecule has 0 aliphatic carbocycles. The van der Waals surface area contributed by atoms with E-state index >= 15 is 0 Å². The van der Waals surface area contributed by atoms with Crippen molar-refractivity contribution in [1.29, 1.82) is 0 Å². The molecule has 4 nitrogen and oxygen atoms in total. The number of ether oxygens (including phenoxy) is 2. The van der Waals surface area contributed by atoms with Crippen molar-refractivity contribution < 1.29 is 32.5 Å². The molecule has 0 spiro atoms. The molecule has 3 rings (SSSR count). The van der Waals surface area contributed by atoms with Crippen LogP contribution in [0.3, 0.4) is 0 Å². The third kappa shape index (κ3) is 3.56. The molecule has 2 aromatic rings. The third-order valence-electron chi connectivity index (χ3n) is 3.25. The maximum absolute atomic E-state index is 13.1. The van der Waals surface area contributed by atoms with E-state index in [0.29, 0.717) is 10.1 Å². The van der Waals surface area contributed by atoms with Gasteiger partial charge in [0.15, 0.2) is 5.75 Å². The normalized spacial score (nSPS) is 16.7. The zero-order valence-electron chi connectivity index (χ0n) is 11.9. The Bertz CT molecular complexity index is 876. The molecule has 0 saturated heterocycles. The van der Waals surface area contributed by atoms with Gasteiger partial charge in [-0.3, -0.25) is 0 Å². The van der Waals surface area contributed by atoms with E-state index in [0.717, 1.165) is 6.08 Å². The van der Waals surface area contributed by atoms with Crippen molar-refractivity contribution in [3.05, 3.63) is 44.1 Å². The number of carbonyl (C=O) groups is 1. The lowest BCUT2D eigenvalue weighted by Crippen LogP contribution is -2.40. The van der Waals surface area contributed by atoms with Gasteiger partial charge in [-0.05, 0) is 23.6 Å². The lowest BCUT2D eigenvalue weighted by atomic mass is 10.0. The number of fused-ring (bicyclic) bond motifs is 1. The molecule has 1 aromatic heterocycles. The zero-order valence-corrected chi connectivity index (χ0v) is 14.3. The summed E-state index contributed by atoms with van der Waals surface area (Å²) in [6, 6.07) is 4.01. The minimum absolute atomic E-state index is 0.0359. The Labute approximate surface area is 153 Å². The Balaban J connectivity index is 2.03. The predicted octanol–water partition coefficient (Wildman–Crippen LogP) is 5.64. The Morgan fingerprint density at radius 2 is 2.00 bits per heavy atom. The zero-order chi connectivity index (χ0) is 18.4. The smallest absolute Gasteiger partial charge is 0.430 e. The minimum atomic E-state index is -4.89. The van der Waals surface area contributed by atoms with Crippen molar-refractivity contribution in [1.82, 2.24) is 0 Å². The Morgan fingerprint density at radius 1 is 1.28 bits per heavy atom. The van der Waals surface area contributed by atoms with E-state index in [2.05, 4.69) is 0 Å². The van der Waals surface area contributed by atoms with Crippen molar-refractivity contribution in [2.45, 2.75) is 12.3 Å². The van der Waals surface area contributed by atoms with E-state index in [-0.39, 0.29) is 22.1 Å². The molecule has 1 N–H and O–H groups in total. The molecule has 1 aromatic carbocycles. The molecule has 1 atom stereocenters. The van der Waals surface area contributed by atoms with E-state index in [1.807, 2.05) is 0 Å². The van der Waals surface area contributed by atoms with Crippen molar-refractivity contribution >= 4 is 46.6 Å². The highest BCUT2D eigenvalue weighted by Crippen LogP contribution is 2.43. The van der Waals surface area contributed by atoms with Gasteiger partial charge in [-0.1, -0.05) is 23.2 Å². The van der Waals surface area contributed by atoms with Crippen LogP contribution in [0.1, 0.15) is 5.56 Å². The number of carboxylic acid groups (broad SMARTS) is 1. The van der Waals surface area contributed by atoms with Gasteiger partial charge in [0, 0.05) is 11.6 Å². The van der Waals surface area contributed by atoms with Gasteiger partial charge in [-0.15, -0.1) is 11.3 Å². The molecule has 0 amide bonds. The lowest BCUT2D eigenvalue weighted by Gasteiger charge is -2.27. The number of hydrogen-bond donors (Lipinski definition) is 1. The molecule has 0 saturated carbocycles. The maximum Gasteiger partial charge on any atom is 0.430 e. The van der Waals surface area contributed by atoms with Gasteiger partial charge in [0.05, 0.1) is 10.6 Å². The van der Waals surface area contributed by atoms with Crippen LogP contribution in [0.4, 0.5) is 13.2 Å². The van der Waals surface area contributed by atoms with Gasteiger partial charge in [0.25, 0.3) is 0 Å². The molecule has 0 radical (unpaired) electrons. The summed E-state index contributed by atoms with van der Waals surface area (Å²) in [5, 5.41) is 10.7. The number of alkyl halides is 3. The third-order valence-corrected chi connectivity index (χ3v) is 4.68. The highest BCUT2D eigenvalue weighted by molar-refractivity contribution is 7.14. The fourth-order valence-electron chi connectivity index (χ4n) is 2.17. The SMILES string of the molecule is O=C(O)C1=Cc2cc(Cl)c(Oc3ccsc3Cl)cc2OC1C(F)(F)F. The molecule has 1 aliphatic rings. The summed E-state index contributed by atoms with van der Waals surface area (Å²) >= 11 is 13.2. The number of aliphatic carboxylic acids is 1. The average molecular weight is 411 g/mol. The van der Waals surface area contributed by atoms with Gasteiger partial charge in [-0.25, -0.2) is 4.79 Å². The largest absolute Gasteiger partial charge is 0.478 e. The molecule has 1 unspecified atom stereocenters. The van der Waals surface area contributed by atoms with Crippen LogP contribution in [0.5, 0.6) is 17.2 Å². The summed E-state index contributed by atoms with van der Waals surface area (Å²) in [6.07, 6.45) is -6.59. The van der Waals surface area contributed by atoms with Crippen LogP contribution in [-0.4, -0.2) is 23.4 Å². The first-order chi connectivity index (χ1) is 11.7. The van der Waals surface area contributed by atoms with E-state index in [9.17, 15) is 18.0 Å². The molecular weight excluding hydrogens is 404 g/mol. The van der Waals surface area contributed by atoms with E-state index < -0.39 is 23.8 Å². The molecule has 10 heteroatoms. The van der Waals surface area contributed by atoms with Gasteiger partial charge >= 0.3 is 12.1 Å². The van der Waals surface area contributed by atoms with Crippen molar-refractivity contribution in [3.8, 4) is 17.2 Å². The summed E-state index contributed by atoms with van der Waals surface area (Å²) in [4.78, 5) is 11.1. The molecule has 0 bridgehead atoms. The topological polar surface area (TPSA) is 55.8 Å². The fourth-order valence-corrected chi connectivity index (χ4v) is 3.17. The van der Waals surface area contributed by atoms with Crippen LogP contribution in [0.2, 0.25) is 9.36 Å². The Kier molecular flexibility index (Phi) is 4.61. The fraction of sp³-hybridized carbons (Fsp3) is 0.133. The molecule has 1 aliphatic heterocycles. The average Bonchev–Trinajstić information content (AvgIpc) is 2.91. The van der Waals surface area contributed by atoms with Gasteiger partial charge in [-0.2, -0.15) is 13.2 Å². The van der Waals surface area contributed by atoms with Crippen molar-refractivity contribution in [2.75, 3.05) is 0 Å². The van der Waals surface area contributed by atoms with E-state index in [1.54, 1.807) is 11.4 Å². The maximum atomic E-state index is 13.1. The van der Waals surface area contributed by atoms with Gasteiger partial charge < -0.3 is 14.6 Å². The monoisotopic (exact) mass is 410 g/mol.